The molecule has 0 atom stereocenters. The van der Waals surface area contributed by atoms with Crippen LogP contribution < -0.4 is 4.74 Å². The van der Waals surface area contributed by atoms with Gasteiger partial charge in [-0.1, -0.05) is 0 Å². The molecular weight excluding hydrogens is 164 g/mol. The fourth-order valence-corrected chi connectivity index (χ4v) is 0.905. The molecule has 0 saturated heterocycles. The highest BCUT2D eigenvalue weighted by Gasteiger charge is 2.10. The average molecular weight is 173 g/mol. The monoisotopic (exact) mass is 173 g/mol. The molecule has 0 saturated carbocycles. The van der Waals surface area contributed by atoms with Crippen LogP contribution in [0, 0.1) is 6.92 Å². The molecule has 0 aliphatic heterocycles. The van der Waals surface area contributed by atoms with Crippen LogP contribution in [-0.2, 0) is 0 Å². The van der Waals surface area contributed by atoms with Gasteiger partial charge < -0.3 is 4.74 Å². The van der Waals surface area contributed by atoms with Crippen LogP contribution in [0.15, 0.2) is 12.1 Å². The minimum atomic E-state index is -2.52. The quantitative estimate of drug-likeness (QED) is 0.684. The maximum atomic E-state index is 12.1. The Morgan fingerprint density at radius 2 is 2.08 bits per heavy atom. The van der Waals surface area contributed by atoms with E-state index in [2.05, 4.69) is 4.98 Å². The number of ether oxygens (including phenoxy) is 1. The fraction of sp³-hybridized carbons (Fsp3) is 0.375. The normalized spacial score (nSPS) is 10.4. The summed E-state index contributed by atoms with van der Waals surface area (Å²) in [5.74, 6) is 0.527. The van der Waals surface area contributed by atoms with Crippen molar-refractivity contribution in [3.8, 4) is 5.75 Å². The van der Waals surface area contributed by atoms with E-state index in [1.807, 2.05) is 0 Å². The van der Waals surface area contributed by atoms with Crippen LogP contribution >= 0.6 is 0 Å². The van der Waals surface area contributed by atoms with Crippen molar-refractivity contribution in [3.63, 3.8) is 0 Å². The van der Waals surface area contributed by atoms with E-state index in [0.29, 0.717) is 11.4 Å². The molecule has 1 heterocycles. The summed E-state index contributed by atoms with van der Waals surface area (Å²) in [5, 5.41) is 0. The lowest BCUT2D eigenvalue weighted by atomic mass is 10.3. The molecule has 4 heteroatoms. The molecule has 0 fully saturated rings. The van der Waals surface area contributed by atoms with Crippen LogP contribution in [-0.4, -0.2) is 12.1 Å². The van der Waals surface area contributed by atoms with Gasteiger partial charge in [0.2, 0.25) is 0 Å². The van der Waals surface area contributed by atoms with Crippen molar-refractivity contribution < 1.29 is 13.5 Å². The highest BCUT2D eigenvalue weighted by Crippen LogP contribution is 2.21. The molecule has 0 aliphatic carbocycles. The topological polar surface area (TPSA) is 22.1 Å². The first-order chi connectivity index (χ1) is 5.65. The molecule has 12 heavy (non-hydrogen) atoms. The van der Waals surface area contributed by atoms with Crippen molar-refractivity contribution >= 4 is 0 Å². The molecule has 0 aliphatic rings. The standard InChI is InChI=1S/C8H9F2NO/c1-5-7(12-2)4-3-6(11-5)8(9)10/h3-4,8H,1-2H3. The smallest absolute Gasteiger partial charge is 0.280 e. The van der Waals surface area contributed by atoms with E-state index in [9.17, 15) is 8.78 Å². The number of hydrogen-bond donors (Lipinski definition) is 0. The van der Waals surface area contributed by atoms with Crippen molar-refractivity contribution in [1.82, 2.24) is 4.98 Å². The number of aromatic nitrogens is 1. The molecule has 0 bridgehead atoms. The molecule has 0 N–H and O–H groups in total. The van der Waals surface area contributed by atoms with Gasteiger partial charge in [0, 0.05) is 0 Å². The number of pyridine rings is 1. The van der Waals surface area contributed by atoms with Crippen molar-refractivity contribution in [1.29, 1.82) is 0 Å². The SMILES string of the molecule is COc1ccc(C(F)F)nc1C. The molecule has 1 rings (SSSR count). The molecule has 66 valence electrons. The number of halogens is 2. The number of nitrogens with zero attached hydrogens (tertiary/aromatic N) is 1. The van der Waals surface area contributed by atoms with Gasteiger partial charge in [0.15, 0.2) is 0 Å². The highest BCUT2D eigenvalue weighted by atomic mass is 19.3. The Morgan fingerprint density at radius 1 is 1.42 bits per heavy atom. The van der Waals surface area contributed by atoms with Crippen LogP contribution in [0.4, 0.5) is 8.78 Å². The zero-order chi connectivity index (χ0) is 9.14. The number of aryl methyl sites for hydroxylation is 1. The first-order valence-corrected chi connectivity index (χ1v) is 3.45. The van der Waals surface area contributed by atoms with Crippen LogP contribution in [0.5, 0.6) is 5.75 Å². The molecule has 0 radical (unpaired) electrons. The summed E-state index contributed by atoms with van der Waals surface area (Å²) in [6, 6.07) is 2.75. The maximum Gasteiger partial charge on any atom is 0.280 e. The van der Waals surface area contributed by atoms with Crippen molar-refractivity contribution in [2.45, 2.75) is 13.3 Å². The van der Waals surface area contributed by atoms with E-state index >= 15 is 0 Å². The predicted molar refractivity (Wildman–Crippen MR) is 40.5 cm³/mol. The zero-order valence-corrected chi connectivity index (χ0v) is 6.84. The minimum Gasteiger partial charge on any atom is -0.495 e. The van der Waals surface area contributed by atoms with E-state index in [-0.39, 0.29) is 5.69 Å². The Kier molecular flexibility index (Phi) is 2.58. The van der Waals surface area contributed by atoms with Crippen LogP contribution in [0.1, 0.15) is 17.8 Å². The van der Waals surface area contributed by atoms with E-state index in [0.717, 1.165) is 0 Å². The van der Waals surface area contributed by atoms with Crippen molar-refractivity contribution in [2.75, 3.05) is 7.11 Å². The number of methoxy groups -OCH3 is 1. The summed E-state index contributed by atoms with van der Waals surface area (Å²) >= 11 is 0. The van der Waals surface area contributed by atoms with Gasteiger partial charge in [-0.05, 0) is 19.1 Å². The molecule has 1 aromatic rings. The lowest BCUT2D eigenvalue weighted by Gasteiger charge is -2.04. The van der Waals surface area contributed by atoms with Crippen molar-refractivity contribution in [2.24, 2.45) is 0 Å². The highest BCUT2D eigenvalue weighted by molar-refractivity contribution is 5.28. The molecule has 2 nitrogen and oxygen atoms in total. The van der Waals surface area contributed by atoms with Gasteiger partial charge in [-0.15, -0.1) is 0 Å². The molecule has 1 aromatic heterocycles. The molecule has 0 unspecified atom stereocenters. The van der Waals surface area contributed by atoms with Crippen LogP contribution in [0.2, 0.25) is 0 Å². The molecule has 0 spiro atoms. The van der Waals surface area contributed by atoms with Crippen LogP contribution in [0.25, 0.3) is 0 Å². The van der Waals surface area contributed by atoms with E-state index in [4.69, 9.17) is 4.74 Å². The first kappa shape index (κ1) is 8.90. The summed E-state index contributed by atoms with van der Waals surface area (Å²) in [5.41, 5.74) is 0.267. The van der Waals surface area contributed by atoms with E-state index < -0.39 is 6.43 Å². The second kappa shape index (κ2) is 3.47. The summed E-state index contributed by atoms with van der Waals surface area (Å²) in [7, 11) is 1.48. The van der Waals surface area contributed by atoms with Gasteiger partial charge in [0.1, 0.15) is 11.4 Å². The average Bonchev–Trinajstić information content (AvgIpc) is 2.04. The van der Waals surface area contributed by atoms with Gasteiger partial charge in [0.05, 0.1) is 12.8 Å². The van der Waals surface area contributed by atoms with Crippen molar-refractivity contribution in [3.05, 3.63) is 23.5 Å². The summed E-state index contributed by atoms with van der Waals surface area (Å²) in [4.78, 5) is 3.67. The fourth-order valence-electron chi connectivity index (χ4n) is 0.905. The minimum absolute atomic E-state index is 0.215. The third kappa shape index (κ3) is 1.69. The summed E-state index contributed by atoms with van der Waals surface area (Å²) in [6.45, 7) is 1.63. The van der Waals surface area contributed by atoms with Crippen LogP contribution in [0.3, 0.4) is 0 Å². The lowest BCUT2D eigenvalue weighted by molar-refractivity contribution is 0.145. The Hall–Kier alpha value is -1.19. The van der Waals surface area contributed by atoms with Gasteiger partial charge >= 0.3 is 0 Å². The second-order valence-electron chi connectivity index (χ2n) is 2.32. The lowest BCUT2D eigenvalue weighted by Crippen LogP contribution is -1.95. The molecular formula is C8H9F2NO. The first-order valence-electron chi connectivity index (χ1n) is 3.45. The van der Waals surface area contributed by atoms with Gasteiger partial charge in [-0.25, -0.2) is 13.8 Å². The predicted octanol–water partition coefficient (Wildman–Crippen LogP) is 2.34. The third-order valence-electron chi connectivity index (χ3n) is 1.50. The summed E-state index contributed by atoms with van der Waals surface area (Å²) < 4.78 is 29.0. The molecule has 0 aromatic carbocycles. The van der Waals surface area contributed by atoms with E-state index in [1.165, 1.54) is 19.2 Å². The van der Waals surface area contributed by atoms with E-state index in [1.54, 1.807) is 6.92 Å². The number of rotatable bonds is 2. The summed E-state index contributed by atoms with van der Waals surface area (Å²) in [6.07, 6.45) is -2.52. The number of hydrogen-bond acceptors (Lipinski definition) is 2. The Labute approximate surface area is 69.2 Å². The van der Waals surface area contributed by atoms with Gasteiger partial charge in [-0.3, -0.25) is 0 Å². The Balaban J connectivity index is 3.02. The largest absolute Gasteiger partial charge is 0.495 e. The Bertz CT molecular complexity index is 276. The van der Waals surface area contributed by atoms with Gasteiger partial charge in [-0.2, -0.15) is 0 Å². The zero-order valence-electron chi connectivity index (χ0n) is 6.84. The molecule has 0 amide bonds. The second-order valence-corrected chi connectivity index (χ2v) is 2.32. The number of alkyl halides is 2. The van der Waals surface area contributed by atoms with Gasteiger partial charge in [0.25, 0.3) is 6.43 Å². The maximum absolute atomic E-state index is 12.1. The third-order valence-corrected chi connectivity index (χ3v) is 1.50. The Morgan fingerprint density at radius 3 is 2.50 bits per heavy atom.